The van der Waals surface area contributed by atoms with Gasteiger partial charge in [0.15, 0.2) is 20.7 Å². The number of carboxylic acids is 1. The average Bonchev–Trinajstić information content (AvgIpc) is 3.19. The van der Waals surface area contributed by atoms with E-state index in [4.69, 9.17) is 23.2 Å². The van der Waals surface area contributed by atoms with Crippen LogP contribution in [0.2, 0.25) is 10.0 Å². The Morgan fingerprint density at radius 2 is 1.66 bits per heavy atom. The highest BCUT2D eigenvalue weighted by atomic mass is 35.5. The van der Waals surface area contributed by atoms with Gasteiger partial charge in [0.25, 0.3) is 10.0 Å². The van der Waals surface area contributed by atoms with Gasteiger partial charge in [0, 0.05) is 27.9 Å². The minimum absolute atomic E-state index is 0.0851. The molecule has 0 saturated heterocycles. The summed E-state index contributed by atoms with van der Waals surface area (Å²) < 4.78 is 52.3. The Bertz CT molecular complexity index is 1650. The van der Waals surface area contributed by atoms with Gasteiger partial charge in [0.1, 0.15) is 6.54 Å². The number of halogens is 2. The number of aromatic nitrogens is 3. The molecule has 0 amide bonds. The monoisotopic (exact) mass is 554 g/mol. The number of nitrogens with zero attached hydrogens (tertiary/aromatic N) is 4. The number of carbonyl (C=O) groups is 1. The van der Waals surface area contributed by atoms with Crippen LogP contribution in [0.15, 0.2) is 70.7 Å². The number of hydrogen-bond acceptors (Lipinski definition) is 7. The molecule has 14 heteroatoms. The molecule has 0 bridgehead atoms. The van der Waals surface area contributed by atoms with E-state index in [-0.39, 0.29) is 25.7 Å². The SMILES string of the molecule is CS(=O)(=O)c1ccc(-n2ccc3cc(N(CC(=O)O)S(=O)(=O)c4cc(Cl)cc(Cl)c4)ccc32)nn1. The van der Waals surface area contributed by atoms with Crippen LogP contribution in [0.1, 0.15) is 0 Å². The fourth-order valence-corrected chi connectivity index (χ4v) is 6.00. The van der Waals surface area contributed by atoms with Crippen LogP contribution >= 0.6 is 23.2 Å². The van der Waals surface area contributed by atoms with E-state index in [0.29, 0.717) is 16.7 Å². The van der Waals surface area contributed by atoms with Crippen molar-refractivity contribution in [3.8, 4) is 5.82 Å². The lowest BCUT2D eigenvalue weighted by Gasteiger charge is -2.23. The molecule has 0 atom stereocenters. The number of hydrogen-bond donors (Lipinski definition) is 1. The maximum atomic E-state index is 13.3. The summed E-state index contributed by atoms with van der Waals surface area (Å²) in [6.45, 7) is -0.836. The second kappa shape index (κ2) is 9.11. The zero-order valence-corrected chi connectivity index (χ0v) is 21.0. The summed E-state index contributed by atoms with van der Waals surface area (Å²) >= 11 is 11.9. The van der Waals surface area contributed by atoms with Gasteiger partial charge in [0.2, 0.25) is 0 Å². The lowest BCUT2D eigenvalue weighted by Crippen LogP contribution is -2.35. The molecule has 10 nitrogen and oxygen atoms in total. The highest BCUT2D eigenvalue weighted by Gasteiger charge is 2.28. The Labute approximate surface area is 210 Å². The summed E-state index contributed by atoms with van der Waals surface area (Å²) in [5, 5.41) is 17.7. The third kappa shape index (κ3) is 5.10. The molecule has 35 heavy (non-hydrogen) atoms. The normalized spacial score (nSPS) is 12.1. The third-order valence-electron chi connectivity index (χ3n) is 4.92. The topological polar surface area (TPSA) is 140 Å². The van der Waals surface area contributed by atoms with Crippen molar-refractivity contribution in [1.29, 1.82) is 0 Å². The molecule has 2 aromatic heterocycles. The van der Waals surface area contributed by atoms with Gasteiger partial charge in [0.05, 0.1) is 16.1 Å². The molecule has 2 heterocycles. The molecule has 0 unspecified atom stereocenters. The molecular weight excluding hydrogens is 539 g/mol. The van der Waals surface area contributed by atoms with Gasteiger partial charge in [-0.05, 0) is 54.6 Å². The van der Waals surface area contributed by atoms with Crippen molar-refractivity contribution in [3.63, 3.8) is 0 Å². The Morgan fingerprint density at radius 3 is 2.23 bits per heavy atom. The van der Waals surface area contributed by atoms with E-state index in [0.717, 1.165) is 10.6 Å². The molecule has 0 radical (unpaired) electrons. The summed E-state index contributed by atoms with van der Waals surface area (Å²) in [6, 6.07) is 12.8. The van der Waals surface area contributed by atoms with E-state index in [1.165, 1.54) is 42.5 Å². The first-order chi connectivity index (χ1) is 16.4. The van der Waals surface area contributed by atoms with Crippen LogP contribution in [-0.2, 0) is 24.7 Å². The molecule has 1 N–H and O–H groups in total. The van der Waals surface area contributed by atoms with Gasteiger partial charge >= 0.3 is 5.97 Å². The van der Waals surface area contributed by atoms with Gasteiger partial charge in [-0.3, -0.25) is 13.7 Å². The first kappa shape index (κ1) is 24.9. The minimum Gasteiger partial charge on any atom is -0.480 e. The van der Waals surface area contributed by atoms with Gasteiger partial charge in [-0.1, -0.05) is 23.2 Å². The van der Waals surface area contributed by atoms with Crippen LogP contribution in [0.5, 0.6) is 0 Å². The lowest BCUT2D eigenvalue weighted by molar-refractivity contribution is -0.135. The van der Waals surface area contributed by atoms with Crippen molar-refractivity contribution in [2.75, 3.05) is 17.1 Å². The standard InChI is InChI=1S/C21H16Cl2N4O6S2/c1-34(30,31)20-5-4-19(24-25-20)26-7-6-13-8-16(2-3-18(13)26)27(12-21(28)29)35(32,33)17-10-14(22)9-15(23)11-17/h2-11H,12H2,1H3,(H,28,29). The minimum atomic E-state index is -4.33. The molecule has 0 fully saturated rings. The maximum Gasteiger partial charge on any atom is 0.324 e. The van der Waals surface area contributed by atoms with Gasteiger partial charge in [-0.2, -0.15) is 0 Å². The quantitative estimate of drug-likeness (QED) is 0.366. The van der Waals surface area contributed by atoms with E-state index < -0.39 is 32.4 Å². The van der Waals surface area contributed by atoms with Crippen molar-refractivity contribution in [3.05, 3.63) is 70.8 Å². The predicted molar refractivity (Wildman–Crippen MR) is 131 cm³/mol. The number of fused-ring (bicyclic) bond motifs is 1. The van der Waals surface area contributed by atoms with E-state index in [2.05, 4.69) is 10.2 Å². The van der Waals surface area contributed by atoms with Crippen LogP contribution in [0.3, 0.4) is 0 Å². The number of anilines is 1. The first-order valence-corrected chi connectivity index (χ1v) is 13.8. The largest absolute Gasteiger partial charge is 0.480 e. The summed E-state index contributed by atoms with van der Waals surface area (Å²) in [6.07, 6.45) is 2.67. The number of aliphatic carboxylic acids is 1. The van der Waals surface area contributed by atoms with Crippen molar-refractivity contribution in [2.45, 2.75) is 9.92 Å². The molecule has 0 aliphatic rings. The van der Waals surface area contributed by atoms with E-state index >= 15 is 0 Å². The molecule has 4 rings (SSSR count). The second-order valence-electron chi connectivity index (χ2n) is 7.44. The van der Waals surface area contributed by atoms with Crippen molar-refractivity contribution < 1.29 is 26.7 Å². The predicted octanol–water partition coefficient (Wildman–Crippen LogP) is 3.41. The number of carboxylic acid groups (broad SMARTS) is 1. The number of sulfone groups is 1. The number of benzene rings is 2. The molecule has 0 saturated carbocycles. The fourth-order valence-electron chi connectivity index (χ4n) is 3.37. The zero-order valence-electron chi connectivity index (χ0n) is 17.8. The van der Waals surface area contributed by atoms with Gasteiger partial charge in [-0.25, -0.2) is 16.8 Å². The smallest absolute Gasteiger partial charge is 0.324 e. The van der Waals surface area contributed by atoms with Crippen LogP contribution in [0, 0.1) is 0 Å². The Hall–Kier alpha value is -3.19. The molecule has 0 aliphatic heterocycles. The fraction of sp³-hybridized carbons (Fsp3) is 0.0952. The summed E-state index contributed by atoms with van der Waals surface area (Å²) in [4.78, 5) is 11.3. The van der Waals surface area contributed by atoms with Crippen molar-refractivity contribution in [2.24, 2.45) is 0 Å². The highest BCUT2D eigenvalue weighted by molar-refractivity contribution is 7.93. The van der Waals surface area contributed by atoms with Crippen molar-refractivity contribution in [1.82, 2.24) is 14.8 Å². The third-order valence-corrected chi connectivity index (χ3v) is 8.08. The van der Waals surface area contributed by atoms with Gasteiger partial charge in [-0.15, -0.1) is 10.2 Å². The summed E-state index contributed by atoms with van der Waals surface area (Å²) in [5.41, 5.74) is 0.709. The van der Waals surface area contributed by atoms with Crippen LogP contribution < -0.4 is 4.31 Å². The van der Waals surface area contributed by atoms with E-state index in [9.17, 15) is 26.7 Å². The molecule has 2 aromatic carbocycles. The maximum absolute atomic E-state index is 13.3. The molecule has 4 aromatic rings. The first-order valence-electron chi connectivity index (χ1n) is 9.72. The Balaban J connectivity index is 1.78. The molecule has 182 valence electrons. The average molecular weight is 555 g/mol. The molecule has 0 aliphatic carbocycles. The van der Waals surface area contributed by atoms with Crippen LogP contribution in [-0.4, -0.2) is 55.5 Å². The summed E-state index contributed by atoms with van der Waals surface area (Å²) in [7, 11) is -7.84. The molecule has 0 spiro atoms. The van der Waals surface area contributed by atoms with Crippen LogP contribution in [0.4, 0.5) is 5.69 Å². The highest BCUT2D eigenvalue weighted by Crippen LogP contribution is 2.31. The Morgan fingerprint density at radius 1 is 0.971 bits per heavy atom. The van der Waals surface area contributed by atoms with Gasteiger partial charge < -0.3 is 5.11 Å². The number of rotatable bonds is 7. The Kier molecular flexibility index (Phi) is 6.49. The van der Waals surface area contributed by atoms with Crippen molar-refractivity contribution >= 4 is 65.6 Å². The zero-order chi connectivity index (χ0) is 25.5. The number of sulfonamides is 1. The van der Waals surface area contributed by atoms with E-state index in [1.54, 1.807) is 22.9 Å². The molecular formula is C21H16Cl2N4O6S2. The second-order valence-corrected chi connectivity index (χ2v) is 12.1. The lowest BCUT2D eigenvalue weighted by atomic mass is 10.2. The van der Waals surface area contributed by atoms with E-state index in [1.807, 2.05) is 0 Å². The summed E-state index contributed by atoms with van der Waals surface area (Å²) in [5.74, 6) is -1.02. The van der Waals surface area contributed by atoms with Crippen LogP contribution in [0.25, 0.3) is 16.7 Å².